The lowest BCUT2D eigenvalue weighted by molar-refractivity contribution is -0.150. The topological polar surface area (TPSA) is 40.5 Å². The summed E-state index contributed by atoms with van der Waals surface area (Å²) in [4.78, 5) is 0. The molecule has 0 saturated heterocycles. The third-order valence-electron chi connectivity index (χ3n) is 10.8. The third-order valence-corrected chi connectivity index (χ3v) is 10.8. The second-order valence-corrected chi connectivity index (χ2v) is 12.3. The van der Waals surface area contributed by atoms with Crippen molar-refractivity contribution in [3.8, 4) is 0 Å². The summed E-state index contributed by atoms with van der Waals surface area (Å²) >= 11 is 0. The monoisotopic (exact) mass is 410 g/mol. The molecule has 2 heteroatoms. The van der Waals surface area contributed by atoms with Crippen molar-refractivity contribution in [2.75, 3.05) is 0 Å². The zero-order valence-electron chi connectivity index (χ0n) is 19.3. The highest BCUT2D eigenvalue weighted by Gasteiger charge is 2.61. The molecule has 4 saturated carbocycles. The Morgan fingerprint density at radius 2 is 1.60 bits per heavy atom. The standard InChI is InChI=1S/C28H42O2/c1-26(30)15-16-27(2)20(18-26)9-10-21-22-11-12-24(28(22,3)14-13-23(21)27)25(29)17-19-7-5-4-6-8-19/h4-8,20-25,29-30H,9-18H2,1-3H3/t20?,21-,22-,23-,24+,25?,26+,27?,28-/m0/s1. The molecule has 30 heavy (non-hydrogen) atoms. The summed E-state index contributed by atoms with van der Waals surface area (Å²) in [5, 5.41) is 22.0. The Hall–Kier alpha value is -0.860. The molecule has 0 heterocycles. The predicted octanol–water partition coefficient (Wildman–Crippen LogP) is 6.00. The van der Waals surface area contributed by atoms with Gasteiger partial charge in [-0.2, -0.15) is 0 Å². The molecule has 0 radical (unpaired) electrons. The highest BCUT2D eigenvalue weighted by atomic mass is 16.3. The zero-order chi connectivity index (χ0) is 21.1. The van der Waals surface area contributed by atoms with Gasteiger partial charge in [-0.1, -0.05) is 44.2 Å². The number of aliphatic hydroxyl groups is 2. The van der Waals surface area contributed by atoms with Gasteiger partial charge in [-0.05, 0) is 117 Å². The molecule has 4 fully saturated rings. The van der Waals surface area contributed by atoms with Crippen molar-refractivity contribution in [2.45, 2.75) is 96.7 Å². The lowest BCUT2D eigenvalue weighted by Gasteiger charge is -2.62. The van der Waals surface area contributed by atoms with E-state index in [0.717, 1.165) is 37.0 Å². The van der Waals surface area contributed by atoms with E-state index in [2.05, 4.69) is 51.1 Å². The molecule has 0 spiro atoms. The van der Waals surface area contributed by atoms with E-state index in [1.807, 2.05) is 0 Å². The Morgan fingerprint density at radius 1 is 0.867 bits per heavy atom. The number of hydrogen-bond acceptors (Lipinski definition) is 2. The Balaban J connectivity index is 1.34. The lowest BCUT2D eigenvalue weighted by atomic mass is 9.44. The second kappa shape index (κ2) is 7.34. The van der Waals surface area contributed by atoms with Crippen LogP contribution in [0.25, 0.3) is 0 Å². The van der Waals surface area contributed by atoms with Gasteiger partial charge in [-0.3, -0.25) is 0 Å². The molecule has 2 nitrogen and oxygen atoms in total. The van der Waals surface area contributed by atoms with Gasteiger partial charge in [0.2, 0.25) is 0 Å². The molecule has 4 aliphatic carbocycles. The first-order valence-corrected chi connectivity index (χ1v) is 12.7. The molecule has 1 aromatic carbocycles. The zero-order valence-corrected chi connectivity index (χ0v) is 19.3. The van der Waals surface area contributed by atoms with E-state index in [-0.39, 0.29) is 6.10 Å². The SMILES string of the molecule is CC12CC[C@@](C)(O)CC1CC[C@@H]1[C@@H]2CC[C@]2(C)[C@@H](C(O)Cc3ccccc3)CC[C@@H]12. The van der Waals surface area contributed by atoms with Crippen molar-refractivity contribution < 1.29 is 10.2 Å². The Kier molecular flexibility index (Phi) is 5.14. The van der Waals surface area contributed by atoms with E-state index in [4.69, 9.17) is 0 Å². The average Bonchev–Trinajstić information content (AvgIpc) is 3.06. The van der Waals surface area contributed by atoms with E-state index in [1.54, 1.807) is 0 Å². The number of fused-ring (bicyclic) bond motifs is 5. The summed E-state index contributed by atoms with van der Waals surface area (Å²) < 4.78 is 0. The normalized spacial score (nSPS) is 49.0. The minimum atomic E-state index is -0.444. The van der Waals surface area contributed by atoms with E-state index in [1.165, 1.54) is 50.5 Å². The number of hydrogen-bond donors (Lipinski definition) is 2. The van der Waals surface area contributed by atoms with Crippen LogP contribution in [0.3, 0.4) is 0 Å². The highest BCUT2D eigenvalue weighted by Crippen LogP contribution is 2.68. The summed E-state index contributed by atoms with van der Waals surface area (Å²) in [6.45, 7) is 7.16. The van der Waals surface area contributed by atoms with E-state index < -0.39 is 5.60 Å². The van der Waals surface area contributed by atoms with Crippen LogP contribution in [0.5, 0.6) is 0 Å². The van der Waals surface area contributed by atoms with Crippen LogP contribution < -0.4 is 0 Å². The van der Waals surface area contributed by atoms with Crippen molar-refractivity contribution in [1.29, 1.82) is 0 Å². The molecule has 3 unspecified atom stereocenters. The van der Waals surface area contributed by atoms with Crippen LogP contribution in [0.4, 0.5) is 0 Å². The Morgan fingerprint density at radius 3 is 2.37 bits per heavy atom. The molecule has 2 N–H and O–H groups in total. The minimum Gasteiger partial charge on any atom is -0.392 e. The smallest absolute Gasteiger partial charge is 0.0622 e. The summed E-state index contributed by atoms with van der Waals surface area (Å²) in [6.07, 6.45) is 11.6. The first kappa shape index (κ1) is 21.0. The molecular formula is C28H42O2. The van der Waals surface area contributed by atoms with Gasteiger partial charge in [0.1, 0.15) is 0 Å². The van der Waals surface area contributed by atoms with Gasteiger partial charge in [0.25, 0.3) is 0 Å². The van der Waals surface area contributed by atoms with Gasteiger partial charge in [-0.25, -0.2) is 0 Å². The van der Waals surface area contributed by atoms with Crippen LogP contribution in [-0.2, 0) is 6.42 Å². The molecule has 5 rings (SSSR count). The van der Waals surface area contributed by atoms with E-state index in [0.29, 0.717) is 22.7 Å². The van der Waals surface area contributed by atoms with Gasteiger partial charge in [0, 0.05) is 0 Å². The van der Waals surface area contributed by atoms with Crippen molar-refractivity contribution in [1.82, 2.24) is 0 Å². The quantitative estimate of drug-likeness (QED) is 0.641. The van der Waals surface area contributed by atoms with Crippen LogP contribution in [0, 0.1) is 40.4 Å². The molecular weight excluding hydrogens is 368 g/mol. The van der Waals surface area contributed by atoms with Crippen LogP contribution >= 0.6 is 0 Å². The largest absolute Gasteiger partial charge is 0.392 e. The van der Waals surface area contributed by atoms with E-state index >= 15 is 0 Å². The molecule has 4 aliphatic rings. The van der Waals surface area contributed by atoms with Crippen LogP contribution in [-0.4, -0.2) is 21.9 Å². The maximum absolute atomic E-state index is 11.3. The molecule has 1 aromatic rings. The first-order chi connectivity index (χ1) is 14.2. The molecule has 0 amide bonds. The Bertz CT molecular complexity index is 757. The maximum atomic E-state index is 11.3. The van der Waals surface area contributed by atoms with Gasteiger partial charge in [0.05, 0.1) is 11.7 Å². The lowest BCUT2D eigenvalue weighted by Crippen LogP contribution is -2.55. The highest BCUT2D eigenvalue weighted by molar-refractivity contribution is 5.17. The summed E-state index contributed by atoms with van der Waals surface area (Å²) in [5.41, 5.74) is 1.56. The molecule has 0 aromatic heterocycles. The average molecular weight is 411 g/mol. The summed E-state index contributed by atoms with van der Waals surface area (Å²) in [6, 6.07) is 10.6. The molecule has 9 atom stereocenters. The second-order valence-electron chi connectivity index (χ2n) is 12.3. The summed E-state index contributed by atoms with van der Waals surface area (Å²) in [7, 11) is 0. The van der Waals surface area contributed by atoms with Gasteiger partial charge >= 0.3 is 0 Å². The van der Waals surface area contributed by atoms with Crippen molar-refractivity contribution in [2.24, 2.45) is 40.4 Å². The molecule has 166 valence electrons. The number of aliphatic hydroxyl groups excluding tert-OH is 1. The molecule has 0 aliphatic heterocycles. The minimum absolute atomic E-state index is 0.212. The number of benzene rings is 1. The van der Waals surface area contributed by atoms with E-state index in [9.17, 15) is 10.2 Å². The van der Waals surface area contributed by atoms with Gasteiger partial charge in [0.15, 0.2) is 0 Å². The molecule has 0 bridgehead atoms. The van der Waals surface area contributed by atoms with Gasteiger partial charge in [-0.15, -0.1) is 0 Å². The van der Waals surface area contributed by atoms with Crippen molar-refractivity contribution in [3.05, 3.63) is 35.9 Å². The van der Waals surface area contributed by atoms with Crippen molar-refractivity contribution >= 4 is 0 Å². The van der Waals surface area contributed by atoms with Crippen LogP contribution in [0.2, 0.25) is 0 Å². The third kappa shape index (κ3) is 3.28. The van der Waals surface area contributed by atoms with Crippen LogP contribution in [0.15, 0.2) is 30.3 Å². The maximum Gasteiger partial charge on any atom is 0.0622 e. The van der Waals surface area contributed by atoms with Gasteiger partial charge < -0.3 is 10.2 Å². The fourth-order valence-corrected chi connectivity index (χ4v) is 9.10. The fraction of sp³-hybridized carbons (Fsp3) is 0.786. The number of rotatable bonds is 3. The Labute approximate surface area is 183 Å². The first-order valence-electron chi connectivity index (χ1n) is 12.7. The predicted molar refractivity (Wildman–Crippen MR) is 122 cm³/mol. The summed E-state index contributed by atoms with van der Waals surface area (Å²) in [5.74, 6) is 3.60. The fourth-order valence-electron chi connectivity index (χ4n) is 9.10. The van der Waals surface area contributed by atoms with Crippen LogP contribution in [0.1, 0.15) is 84.1 Å². The van der Waals surface area contributed by atoms with Crippen molar-refractivity contribution in [3.63, 3.8) is 0 Å².